The predicted octanol–water partition coefficient (Wildman–Crippen LogP) is 4.67. The minimum Gasteiger partial charge on any atom is -0.459 e. The Morgan fingerprint density at radius 3 is 2.23 bits per heavy atom. The average molecular weight is 432 g/mol. The summed E-state index contributed by atoms with van der Waals surface area (Å²) in [6.45, 7) is 8.69. The van der Waals surface area contributed by atoms with E-state index in [2.05, 4.69) is 16.0 Å². The molecule has 7 nitrogen and oxygen atoms in total. The van der Waals surface area contributed by atoms with Gasteiger partial charge < -0.3 is 20.7 Å². The minimum absolute atomic E-state index is 0.166. The molecule has 0 aliphatic heterocycles. The number of rotatable bonds is 5. The fourth-order valence-corrected chi connectivity index (χ4v) is 2.89. The highest BCUT2D eigenvalue weighted by molar-refractivity contribution is 6.31. The third kappa shape index (κ3) is 6.77. The number of ether oxygens (including phenoxy) is 1. The summed E-state index contributed by atoms with van der Waals surface area (Å²) in [6.07, 6.45) is 0. The van der Waals surface area contributed by atoms with E-state index >= 15 is 0 Å². The van der Waals surface area contributed by atoms with Crippen molar-refractivity contribution in [3.8, 4) is 0 Å². The smallest absolute Gasteiger partial charge is 0.325 e. The van der Waals surface area contributed by atoms with Gasteiger partial charge in [-0.2, -0.15) is 0 Å². The molecule has 0 unspecified atom stereocenters. The van der Waals surface area contributed by atoms with E-state index in [1.165, 1.54) is 18.2 Å². The van der Waals surface area contributed by atoms with Crippen LogP contribution in [0, 0.1) is 13.8 Å². The van der Waals surface area contributed by atoms with Crippen molar-refractivity contribution in [2.24, 2.45) is 0 Å². The van der Waals surface area contributed by atoms with Gasteiger partial charge in [0.25, 0.3) is 5.91 Å². The highest BCUT2D eigenvalue weighted by Gasteiger charge is 2.19. The van der Waals surface area contributed by atoms with Crippen LogP contribution in [0.3, 0.4) is 0 Å². The standard InChI is InChI=1S/C22H26ClN3O4/c1-13-7-6-8-14(2)19(13)26-21(29)25-17-11-15(23)9-10-16(17)20(28)24-12-18(27)30-22(3,4)5/h6-11H,12H2,1-5H3,(H,24,28)(H2,25,26,29). The maximum Gasteiger partial charge on any atom is 0.325 e. The molecule has 3 amide bonds. The lowest BCUT2D eigenvalue weighted by Gasteiger charge is -2.19. The number of hydrogen-bond donors (Lipinski definition) is 3. The molecule has 0 aliphatic carbocycles. The molecule has 2 rings (SSSR count). The lowest BCUT2D eigenvalue weighted by atomic mass is 10.1. The molecule has 8 heteroatoms. The van der Waals surface area contributed by atoms with Crippen molar-refractivity contribution in [2.75, 3.05) is 17.2 Å². The molecule has 2 aromatic rings. The third-order valence-corrected chi connectivity index (χ3v) is 4.24. The summed E-state index contributed by atoms with van der Waals surface area (Å²) in [5.41, 5.74) is 2.24. The molecule has 0 spiro atoms. The highest BCUT2D eigenvalue weighted by atomic mass is 35.5. The molecular weight excluding hydrogens is 406 g/mol. The number of para-hydroxylation sites is 1. The zero-order chi connectivity index (χ0) is 22.5. The zero-order valence-electron chi connectivity index (χ0n) is 17.7. The van der Waals surface area contributed by atoms with Crippen LogP contribution in [0.1, 0.15) is 42.3 Å². The van der Waals surface area contributed by atoms with Crippen molar-refractivity contribution in [3.63, 3.8) is 0 Å². The summed E-state index contributed by atoms with van der Waals surface area (Å²) < 4.78 is 5.17. The number of halogens is 1. The van der Waals surface area contributed by atoms with Crippen molar-refractivity contribution >= 4 is 40.9 Å². The van der Waals surface area contributed by atoms with Gasteiger partial charge in [-0.15, -0.1) is 0 Å². The number of carbonyl (C=O) groups excluding carboxylic acids is 3. The van der Waals surface area contributed by atoms with Gasteiger partial charge >= 0.3 is 12.0 Å². The molecule has 0 saturated carbocycles. The molecular formula is C22H26ClN3O4. The van der Waals surface area contributed by atoms with Crippen LogP contribution in [0.5, 0.6) is 0 Å². The van der Waals surface area contributed by atoms with E-state index in [4.69, 9.17) is 16.3 Å². The summed E-state index contributed by atoms with van der Waals surface area (Å²) in [5, 5.41) is 8.28. The topological polar surface area (TPSA) is 96.5 Å². The molecule has 0 aromatic heterocycles. The van der Waals surface area contributed by atoms with Crippen molar-refractivity contribution in [1.82, 2.24) is 5.32 Å². The zero-order valence-corrected chi connectivity index (χ0v) is 18.4. The van der Waals surface area contributed by atoms with Gasteiger partial charge in [0.1, 0.15) is 12.1 Å². The third-order valence-electron chi connectivity index (χ3n) is 4.01. The predicted molar refractivity (Wildman–Crippen MR) is 118 cm³/mol. The SMILES string of the molecule is Cc1cccc(C)c1NC(=O)Nc1cc(Cl)ccc1C(=O)NCC(=O)OC(C)(C)C. The molecule has 3 N–H and O–H groups in total. The van der Waals surface area contributed by atoms with Gasteiger partial charge in [-0.1, -0.05) is 29.8 Å². The maximum absolute atomic E-state index is 12.6. The van der Waals surface area contributed by atoms with E-state index in [0.717, 1.165) is 11.1 Å². The maximum atomic E-state index is 12.6. The Morgan fingerprint density at radius 1 is 1.00 bits per heavy atom. The first-order chi connectivity index (χ1) is 14.0. The summed E-state index contributed by atoms with van der Waals surface area (Å²) in [4.78, 5) is 36.9. The lowest BCUT2D eigenvalue weighted by molar-refractivity contribution is -0.153. The average Bonchev–Trinajstić information content (AvgIpc) is 2.61. The van der Waals surface area contributed by atoms with Crippen LogP contribution in [0.2, 0.25) is 5.02 Å². The second-order valence-corrected chi connectivity index (χ2v) is 8.24. The summed E-state index contributed by atoms with van der Waals surface area (Å²) in [5.74, 6) is -1.10. The first-order valence-corrected chi connectivity index (χ1v) is 9.78. The monoisotopic (exact) mass is 431 g/mol. The molecule has 30 heavy (non-hydrogen) atoms. The van der Waals surface area contributed by atoms with Crippen molar-refractivity contribution < 1.29 is 19.1 Å². The fraction of sp³-hybridized carbons (Fsp3) is 0.318. The van der Waals surface area contributed by atoms with E-state index in [1.807, 2.05) is 32.0 Å². The van der Waals surface area contributed by atoms with Crippen molar-refractivity contribution in [2.45, 2.75) is 40.2 Å². The van der Waals surface area contributed by atoms with E-state index in [0.29, 0.717) is 10.7 Å². The van der Waals surface area contributed by atoms with Crippen LogP contribution in [0.15, 0.2) is 36.4 Å². The van der Waals surface area contributed by atoms with Gasteiger partial charge in [0.2, 0.25) is 0 Å². The molecule has 0 heterocycles. The molecule has 0 radical (unpaired) electrons. The van der Waals surface area contributed by atoms with E-state index < -0.39 is 23.5 Å². The Morgan fingerprint density at radius 2 is 1.63 bits per heavy atom. The summed E-state index contributed by atoms with van der Waals surface area (Å²) >= 11 is 6.04. The number of aryl methyl sites for hydroxylation is 2. The van der Waals surface area contributed by atoms with E-state index in [1.54, 1.807) is 20.8 Å². The van der Waals surface area contributed by atoms with Gasteiger partial charge in [-0.3, -0.25) is 9.59 Å². The van der Waals surface area contributed by atoms with Crippen molar-refractivity contribution in [3.05, 3.63) is 58.1 Å². The minimum atomic E-state index is -0.652. The Labute approximate surface area is 181 Å². The Kier molecular flexibility index (Phi) is 7.45. The number of amides is 3. The van der Waals surface area contributed by atoms with E-state index in [-0.39, 0.29) is 17.8 Å². The molecule has 2 aromatic carbocycles. The molecule has 0 fully saturated rings. The number of anilines is 2. The Hall–Kier alpha value is -3.06. The van der Waals surface area contributed by atoms with Crippen LogP contribution in [-0.4, -0.2) is 30.1 Å². The van der Waals surface area contributed by atoms with Gasteiger partial charge in [0.05, 0.1) is 11.3 Å². The largest absolute Gasteiger partial charge is 0.459 e. The lowest BCUT2D eigenvalue weighted by Crippen LogP contribution is -2.35. The number of nitrogens with one attached hydrogen (secondary N) is 3. The second kappa shape index (κ2) is 9.63. The Balaban J connectivity index is 2.12. The fourth-order valence-electron chi connectivity index (χ4n) is 2.72. The van der Waals surface area contributed by atoms with Gasteiger partial charge in [0.15, 0.2) is 0 Å². The quantitative estimate of drug-likeness (QED) is 0.599. The highest BCUT2D eigenvalue weighted by Crippen LogP contribution is 2.23. The molecule has 0 atom stereocenters. The van der Waals surface area contributed by atoms with Gasteiger partial charge in [0, 0.05) is 10.7 Å². The molecule has 0 aliphatic rings. The molecule has 0 saturated heterocycles. The summed E-state index contributed by atoms with van der Waals surface area (Å²) in [6, 6.07) is 9.62. The number of urea groups is 1. The van der Waals surface area contributed by atoms with E-state index in [9.17, 15) is 14.4 Å². The Bertz CT molecular complexity index is 947. The van der Waals surface area contributed by atoms with Gasteiger partial charge in [-0.25, -0.2) is 4.79 Å². The van der Waals surface area contributed by atoms with Crippen LogP contribution >= 0.6 is 11.6 Å². The van der Waals surface area contributed by atoms with Crippen LogP contribution in [0.4, 0.5) is 16.2 Å². The number of hydrogen-bond acceptors (Lipinski definition) is 4. The summed E-state index contributed by atoms with van der Waals surface area (Å²) in [7, 11) is 0. The van der Waals surface area contributed by atoms with Gasteiger partial charge in [-0.05, 0) is 63.9 Å². The number of benzene rings is 2. The normalized spacial score (nSPS) is 10.9. The number of carbonyl (C=O) groups is 3. The van der Waals surface area contributed by atoms with Crippen molar-refractivity contribution in [1.29, 1.82) is 0 Å². The van der Waals surface area contributed by atoms with Crippen LogP contribution < -0.4 is 16.0 Å². The molecule has 160 valence electrons. The van der Waals surface area contributed by atoms with Crippen LogP contribution in [0.25, 0.3) is 0 Å². The molecule has 0 bridgehead atoms. The number of esters is 1. The van der Waals surface area contributed by atoms with Crippen LogP contribution in [-0.2, 0) is 9.53 Å². The first kappa shape index (κ1) is 23.2. The second-order valence-electron chi connectivity index (χ2n) is 7.80. The first-order valence-electron chi connectivity index (χ1n) is 9.40.